The largest absolute Gasteiger partial charge is 0.491 e. The Morgan fingerprint density at radius 1 is 0.393 bits per heavy atom. The molecule has 15 heterocycles. The highest BCUT2D eigenvalue weighted by Gasteiger charge is 2.42. The van der Waals surface area contributed by atoms with Crippen LogP contribution in [-0.4, -0.2) is 250 Å². The number of epoxide rings is 14. The minimum Gasteiger partial charge on any atom is -0.491 e. The van der Waals surface area contributed by atoms with Crippen molar-refractivity contribution in [2.45, 2.75) is 252 Å². The van der Waals surface area contributed by atoms with Gasteiger partial charge in [-0.1, -0.05) is 106 Å². The Balaban J connectivity index is 0.000000185. The standard InChI is InChI=1S/C21H24O4.C16H16O4.C12H15N3O6.C10H22O3Si2.C8H18O2Si.4C3H6O.4CH4/c1-21(2,15-3-7-17(8-4-15)22-11-19-13-24-19)16-5-9-18(10-6-16)23-12-20-14-25-20;1-2-11-6-12(17-7-13-8-18-13)4-5-15(11)16(3-1)20-10-14-9-19-14;16-10-13(1-7-4-19-7)11(17)15(3-9-6-21-9)12(18)14(10)2-8-5-20-8;1-14(2,7-9-5-11-9)13-15(3,4)8-10-6-12-10;1-11(2,3)6-4-5-9-8-7-10-8;4*1-3-2-4-3;;;;/h3-10,19-20H,11-14H2,1-2H3;1-6,13-14H,7-10H2;7-9H,1-6H2;9-10H,5-8H2,1-4H3;8H,4-7H2,1-3H3;4*3H,2H2,1H3;4*1H4. The van der Waals surface area contributed by atoms with E-state index in [-0.39, 0.29) is 104 Å². The van der Waals surface area contributed by atoms with Gasteiger partial charge in [0.15, 0.2) is 22.9 Å². The SMILES string of the molecule is C.C.C.C.CC(C)(c1ccc(OCC2CO2)cc1)c1ccc(OCC2CO2)cc1.CC1CO1.CC1CO1.CC1CO1.CC1CO1.C[Si](C)(C)CCCOC1CO1.C[Si](C)(CC1CO1)O[Si](C)(C)CC1CO1.O=c1n(CC2CO2)c(=O)n(CC2CO2)c(=O)n1CC1CO1.c1cc(OCC2CO2)c2ccc(OCC3CO3)cc2c1. The molecule has 1 aromatic heterocycles. The second-order valence-corrected chi connectivity index (χ2v) is 47.0. The Kier molecular flexibility index (Phi) is 36.7. The van der Waals surface area contributed by atoms with Gasteiger partial charge in [0.2, 0.25) is 0 Å². The lowest BCUT2D eigenvalue weighted by Crippen LogP contribution is -2.55. The summed E-state index contributed by atoms with van der Waals surface area (Å²) in [6.07, 6.45) is 5.45. The van der Waals surface area contributed by atoms with Crippen LogP contribution < -0.4 is 36.0 Å². The van der Waals surface area contributed by atoms with Gasteiger partial charge in [-0.15, -0.1) is 0 Å². The highest BCUT2D eigenvalue weighted by molar-refractivity contribution is 6.85. The summed E-state index contributed by atoms with van der Waals surface area (Å²) >= 11 is 0. The maximum absolute atomic E-state index is 12.4. The lowest BCUT2D eigenvalue weighted by Gasteiger charge is -2.33. The lowest BCUT2D eigenvalue weighted by molar-refractivity contribution is 0.0506. The summed E-state index contributed by atoms with van der Waals surface area (Å²) < 4.78 is 108. The van der Waals surface area contributed by atoms with Crippen molar-refractivity contribution < 1.29 is 94.1 Å². The van der Waals surface area contributed by atoms with Gasteiger partial charge in [-0.3, -0.25) is 0 Å². The molecule has 0 radical (unpaired) electrons. The highest BCUT2D eigenvalue weighted by Crippen LogP contribution is 2.36. The van der Waals surface area contributed by atoms with Gasteiger partial charge in [-0.25, -0.2) is 28.1 Å². The van der Waals surface area contributed by atoms with E-state index >= 15 is 0 Å². The summed E-state index contributed by atoms with van der Waals surface area (Å²) in [5, 5.41) is 2.22. The van der Waals surface area contributed by atoms with E-state index < -0.39 is 41.8 Å². The van der Waals surface area contributed by atoms with Gasteiger partial charge in [-0.2, -0.15) is 0 Å². The summed E-state index contributed by atoms with van der Waals surface area (Å²) in [4.78, 5) is 37.1. The van der Waals surface area contributed by atoms with Crippen LogP contribution in [-0.2, 0) is 100 Å². The van der Waals surface area contributed by atoms with E-state index in [1.165, 1.54) is 23.6 Å². The molecular formula is C83H135N3O23Si3. The molecule has 14 aliphatic heterocycles. The molecule has 0 amide bonds. The number of hydrogen-bond acceptors (Lipinski definition) is 23. The normalized spacial score (nSPS) is 26.7. The quantitative estimate of drug-likeness (QED) is 0.0226. The topological polar surface area (TPSA) is 297 Å². The molecule has 14 saturated heterocycles. The van der Waals surface area contributed by atoms with Crippen LogP contribution in [0.2, 0.25) is 64.0 Å². The van der Waals surface area contributed by atoms with Gasteiger partial charge in [0.05, 0.1) is 160 Å². The van der Waals surface area contributed by atoms with Crippen LogP contribution >= 0.6 is 0 Å². The molecule has 26 nitrogen and oxygen atoms in total. The average Bonchev–Trinajstić information content (AvgIpc) is 1.74. The third-order valence-electron chi connectivity index (χ3n) is 18.5. The van der Waals surface area contributed by atoms with E-state index in [4.69, 9.17) is 94.1 Å². The molecule has 0 spiro atoms. The average molecular weight is 1630 g/mol. The molecule has 0 saturated carbocycles. The number of fused-ring (bicyclic) bond motifs is 1. The molecule has 5 aromatic rings. The molecule has 632 valence electrons. The van der Waals surface area contributed by atoms with Gasteiger partial charge in [0, 0.05) is 25.5 Å². The van der Waals surface area contributed by atoms with Crippen LogP contribution in [0.3, 0.4) is 0 Å². The number of rotatable bonds is 31. The zero-order chi connectivity index (χ0) is 76.6. The van der Waals surface area contributed by atoms with Gasteiger partial charge in [0.25, 0.3) is 0 Å². The van der Waals surface area contributed by atoms with E-state index in [0.717, 1.165) is 139 Å². The number of nitrogens with zero attached hydrogens (tertiary/aromatic N) is 3. The molecule has 0 bridgehead atoms. The van der Waals surface area contributed by atoms with Gasteiger partial charge >= 0.3 is 17.1 Å². The Morgan fingerprint density at radius 2 is 0.705 bits per heavy atom. The van der Waals surface area contributed by atoms with Crippen molar-refractivity contribution in [3.05, 3.63) is 128 Å². The second kappa shape index (κ2) is 43.8. The minimum atomic E-state index is -1.50. The van der Waals surface area contributed by atoms with Crippen LogP contribution in [0.1, 0.15) is 88.8 Å². The van der Waals surface area contributed by atoms with Crippen molar-refractivity contribution in [2.75, 3.05) is 126 Å². The Labute approximate surface area is 668 Å². The molecule has 14 unspecified atom stereocenters. The fraction of sp³-hybridized carbons (Fsp3) is 0.699. The predicted molar refractivity (Wildman–Crippen MR) is 441 cm³/mol. The predicted octanol–water partition coefficient (Wildman–Crippen LogP) is 11.8. The van der Waals surface area contributed by atoms with E-state index in [1.807, 2.05) is 54.6 Å². The molecule has 29 heteroatoms. The summed E-state index contributed by atoms with van der Waals surface area (Å²) in [5.41, 5.74) is 0.637. The third kappa shape index (κ3) is 38.2. The Morgan fingerprint density at radius 3 is 1.01 bits per heavy atom. The fourth-order valence-electron chi connectivity index (χ4n) is 10.9. The van der Waals surface area contributed by atoms with Crippen molar-refractivity contribution >= 4 is 35.5 Å². The zero-order valence-corrected chi connectivity index (χ0v) is 68.8. The van der Waals surface area contributed by atoms with Crippen molar-refractivity contribution in [1.29, 1.82) is 0 Å². The Bertz CT molecular complexity index is 3490. The molecule has 4 aromatic carbocycles. The number of aromatic nitrogens is 3. The molecule has 112 heavy (non-hydrogen) atoms. The molecule has 19 rings (SSSR count). The van der Waals surface area contributed by atoms with E-state index in [0.29, 0.717) is 82.9 Å². The highest BCUT2D eigenvalue weighted by atomic mass is 28.4. The molecule has 14 fully saturated rings. The molecule has 14 atom stereocenters. The first kappa shape index (κ1) is 93.9. The van der Waals surface area contributed by atoms with Crippen LogP contribution in [0.5, 0.6) is 23.0 Å². The summed E-state index contributed by atoms with van der Waals surface area (Å²) in [6.45, 7) is 44.6. The maximum Gasteiger partial charge on any atom is 0.336 e. The lowest BCUT2D eigenvalue weighted by atomic mass is 9.78. The van der Waals surface area contributed by atoms with Gasteiger partial charge in [0.1, 0.15) is 80.4 Å². The van der Waals surface area contributed by atoms with E-state index in [9.17, 15) is 14.4 Å². The minimum absolute atomic E-state index is 0. The molecule has 0 N–H and O–H groups in total. The number of hydrogen-bond donors (Lipinski definition) is 0. The molecule has 0 aliphatic carbocycles. The third-order valence-corrected chi connectivity index (χ3v) is 27.7. The fourth-order valence-corrected chi connectivity index (χ4v) is 21.4. The summed E-state index contributed by atoms with van der Waals surface area (Å²) in [7, 11) is -3.82. The maximum atomic E-state index is 12.4. The van der Waals surface area contributed by atoms with Gasteiger partial charge < -0.3 is 94.1 Å². The molecule has 14 aliphatic rings. The van der Waals surface area contributed by atoms with E-state index in [2.05, 4.69) is 118 Å². The van der Waals surface area contributed by atoms with Crippen LogP contribution in [0.25, 0.3) is 10.8 Å². The van der Waals surface area contributed by atoms with Crippen molar-refractivity contribution in [3.63, 3.8) is 0 Å². The monoisotopic (exact) mass is 1630 g/mol. The van der Waals surface area contributed by atoms with Crippen molar-refractivity contribution in [3.8, 4) is 23.0 Å². The zero-order valence-electron chi connectivity index (χ0n) is 65.8. The smallest absolute Gasteiger partial charge is 0.336 e. The summed E-state index contributed by atoms with van der Waals surface area (Å²) in [5.74, 6) is 3.55. The first-order valence-electron chi connectivity index (χ1n) is 38.8. The number of ether oxygens (including phenoxy) is 19. The first-order valence-corrected chi connectivity index (χ1v) is 48.7. The Hall–Kier alpha value is -5.24. The van der Waals surface area contributed by atoms with E-state index in [1.54, 1.807) is 0 Å². The van der Waals surface area contributed by atoms with Crippen LogP contribution in [0.15, 0.2) is 99.3 Å². The van der Waals surface area contributed by atoms with Gasteiger partial charge in [-0.05, 0) is 137 Å². The van der Waals surface area contributed by atoms with Crippen LogP contribution in [0, 0.1) is 0 Å². The second-order valence-electron chi connectivity index (χ2n) is 32.7. The molecular weight excluding hydrogens is 1490 g/mol. The van der Waals surface area contributed by atoms with Crippen LogP contribution in [0.4, 0.5) is 0 Å². The number of benzene rings is 4. The summed E-state index contributed by atoms with van der Waals surface area (Å²) in [6, 6.07) is 32.5. The van der Waals surface area contributed by atoms with Crippen molar-refractivity contribution in [1.82, 2.24) is 13.7 Å². The van der Waals surface area contributed by atoms with Crippen molar-refractivity contribution in [2.24, 2.45) is 0 Å². The first-order chi connectivity index (χ1) is 51.6.